The average Bonchev–Trinajstić information content (AvgIpc) is 2.91. The van der Waals surface area contributed by atoms with Crippen LogP contribution in [0.3, 0.4) is 0 Å². The highest BCUT2D eigenvalue weighted by Gasteiger charge is 2.27. The number of aromatic nitrogens is 2. The van der Waals surface area contributed by atoms with Gasteiger partial charge >= 0.3 is 0 Å². The lowest BCUT2D eigenvalue weighted by Crippen LogP contribution is -2.39. The molecule has 0 aliphatic carbocycles. The van der Waals surface area contributed by atoms with Crippen molar-refractivity contribution >= 4 is 41.2 Å². The molecular formula is C14H15N3OS3. The van der Waals surface area contributed by atoms with Gasteiger partial charge in [0.05, 0.1) is 11.8 Å². The molecule has 0 saturated carbocycles. The zero-order valence-corrected chi connectivity index (χ0v) is 14.0. The van der Waals surface area contributed by atoms with E-state index in [1.165, 1.54) is 34.2 Å². The molecule has 1 atom stereocenters. The van der Waals surface area contributed by atoms with Crippen LogP contribution in [0.25, 0.3) is 0 Å². The topological polar surface area (TPSA) is 49.0 Å². The standard InChI is InChI=1S/C14H15N3OS3/c1-9-11-5-3-2-4-10(11)6-7-17(9)12(18)8-20-14-16-15-13(19)21-14/h2-5,9H,6-8H2,1H3,(H,15,19)/t9-/m1/s1. The summed E-state index contributed by atoms with van der Waals surface area (Å²) >= 11 is 7.84. The summed E-state index contributed by atoms with van der Waals surface area (Å²) in [6, 6.07) is 8.50. The lowest BCUT2D eigenvalue weighted by atomic mass is 9.94. The van der Waals surface area contributed by atoms with Crippen molar-refractivity contribution in [3.8, 4) is 0 Å². The zero-order chi connectivity index (χ0) is 14.8. The number of nitrogens with one attached hydrogen (secondary N) is 1. The van der Waals surface area contributed by atoms with Crippen molar-refractivity contribution in [1.29, 1.82) is 0 Å². The summed E-state index contributed by atoms with van der Waals surface area (Å²) in [7, 11) is 0. The second-order valence-electron chi connectivity index (χ2n) is 4.88. The Morgan fingerprint density at radius 2 is 2.38 bits per heavy atom. The highest BCUT2D eigenvalue weighted by molar-refractivity contribution is 8.01. The Morgan fingerprint density at radius 1 is 1.57 bits per heavy atom. The number of aromatic amines is 1. The van der Waals surface area contributed by atoms with Crippen LogP contribution in [0.5, 0.6) is 0 Å². The van der Waals surface area contributed by atoms with Crippen LogP contribution in [0.15, 0.2) is 28.6 Å². The monoisotopic (exact) mass is 337 g/mol. The fourth-order valence-corrected chi connectivity index (χ4v) is 4.56. The minimum atomic E-state index is 0.139. The Bertz CT molecular complexity index is 709. The van der Waals surface area contributed by atoms with Crippen LogP contribution >= 0.6 is 35.3 Å². The van der Waals surface area contributed by atoms with Gasteiger partial charge in [0.1, 0.15) is 0 Å². The first-order valence-electron chi connectivity index (χ1n) is 6.71. The van der Waals surface area contributed by atoms with E-state index >= 15 is 0 Å². The molecule has 0 spiro atoms. The van der Waals surface area contributed by atoms with E-state index < -0.39 is 0 Å². The van der Waals surface area contributed by atoms with Gasteiger partial charge in [-0.25, -0.2) is 0 Å². The minimum absolute atomic E-state index is 0.139. The summed E-state index contributed by atoms with van der Waals surface area (Å²) in [6.45, 7) is 2.88. The van der Waals surface area contributed by atoms with Crippen molar-refractivity contribution in [2.75, 3.05) is 12.3 Å². The number of fused-ring (bicyclic) bond motifs is 1. The molecule has 2 heterocycles. The largest absolute Gasteiger partial charge is 0.335 e. The summed E-state index contributed by atoms with van der Waals surface area (Å²) in [5, 5.41) is 6.80. The van der Waals surface area contributed by atoms with Crippen molar-refractivity contribution in [3.63, 3.8) is 0 Å². The van der Waals surface area contributed by atoms with Gasteiger partial charge in [-0.05, 0) is 36.7 Å². The summed E-state index contributed by atoms with van der Waals surface area (Å²) in [6.07, 6.45) is 0.929. The number of rotatable bonds is 3. The van der Waals surface area contributed by atoms with Crippen LogP contribution in [0.4, 0.5) is 0 Å². The van der Waals surface area contributed by atoms with Gasteiger partial charge < -0.3 is 4.90 Å². The molecule has 7 heteroatoms. The molecule has 2 aromatic rings. The van der Waals surface area contributed by atoms with Gasteiger partial charge in [-0.2, -0.15) is 5.10 Å². The number of H-pyrrole nitrogens is 1. The maximum atomic E-state index is 12.4. The van der Waals surface area contributed by atoms with Crippen LogP contribution in [0.2, 0.25) is 0 Å². The number of amides is 1. The van der Waals surface area contributed by atoms with Gasteiger partial charge in [-0.15, -0.1) is 0 Å². The van der Waals surface area contributed by atoms with Crippen LogP contribution < -0.4 is 0 Å². The molecule has 0 bridgehead atoms. The number of hydrogen-bond acceptors (Lipinski definition) is 5. The van der Waals surface area contributed by atoms with Gasteiger partial charge in [0.15, 0.2) is 8.29 Å². The van der Waals surface area contributed by atoms with E-state index in [9.17, 15) is 4.79 Å². The fraction of sp³-hybridized carbons (Fsp3) is 0.357. The zero-order valence-electron chi connectivity index (χ0n) is 11.5. The Balaban J connectivity index is 1.67. The molecule has 3 rings (SSSR count). The van der Waals surface area contributed by atoms with Gasteiger partial charge in [0.2, 0.25) is 5.91 Å². The minimum Gasteiger partial charge on any atom is -0.335 e. The quantitative estimate of drug-likeness (QED) is 0.688. The highest BCUT2D eigenvalue weighted by Crippen LogP contribution is 2.30. The molecule has 4 nitrogen and oxygen atoms in total. The summed E-state index contributed by atoms with van der Waals surface area (Å²) in [5.74, 6) is 0.561. The Kier molecular flexibility index (Phi) is 4.42. The lowest BCUT2D eigenvalue weighted by molar-refractivity contribution is -0.130. The van der Waals surface area contributed by atoms with Crippen molar-refractivity contribution in [1.82, 2.24) is 15.1 Å². The SMILES string of the molecule is C[C@@H]1c2ccccc2CCN1C(=O)CSc1n[nH]c(=S)s1. The van der Waals surface area contributed by atoms with E-state index in [1.807, 2.05) is 11.0 Å². The molecule has 0 unspecified atom stereocenters. The normalized spacial score (nSPS) is 17.6. The second kappa shape index (κ2) is 6.29. The van der Waals surface area contributed by atoms with Crippen LogP contribution in [0, 0.1) is 3.95 Å². The Morgan fingerprint density at radius 3 is 3.14 bits per heavy atom. The third kappa shape index (κ3) is 3.20. The first kappa shape index (κ1) is 14.7. The molecule has 0 saturated heterocycles. The van der Waals surface area contributed by atoms with Crippen molar-refractivity contribution in [3.05, 3.63) is 39.3 Å². The van der Waals surface area contributed by atoms with Crippen molar-refractivity contribution < 1.29 is 4.79 Å². The van der Waals surface area contributed by atoms with Gasteiger partial charge in [0.25, 0.3) is 0 Å². The molecule has 0 radical (unpaired) electrons. The second-order valence-corrected chi connectivity index (χ2v) is 7.77. The number of thioether (sulfide) groups is 1. The molecule has 0 fully saturated rings. The van der Waals surface area contributed by atoms with Gasteiger partial charge in [-0.3, -0.25) is 9.89 Å². The number of carbonyl (C=O) groups is 1. The summed E-state index contributed by atoms with van der Waals surface area (Å²) < 4.78 is 1.46. The van der Waals surface area contributed by atoms with Crippen molar-refractivity contribution in [2.45, 2.75) is 23.7 Å². The molecule has 1 N–H and O–H groups in total. The maximum Gasteiger partial charge on any atom is 0.233 e. The summed E-state index contributed by atoms with van der Waals surface area (Å²) in [4.78, 5) is 14.4. The molecule has 1 aromatic heterocycles. The molecule has 1 aliphatic rings. The van der Waals surface area contributed by atoms with Gasteiger partial charge in [0, 0.05) is 6.54 Å². The van der Waals surface area contributed by atoms with E-state index in [4.69, 9.17) is 12.2 Å². The predicted molar refractivity (Wildman–Crippen MR) is 88.3 cm³/mol. The fourth-order valence-electron chi connectivity index (χ4n) is 2.60. The van der Waals surface area contributed by atoms with E-state index in [2.05, 4.69) is 35.3 Å². The first-order chi connectivity index (χ1) is 10.1. The van der Waals surface area contributed by atoms with Gasteiger partial charge in [-0.1, -0.05) is 47.4 Å². The third-order valence-electron chi connectivity index (χ3n) is 3.65. The molecular weight excluding hydrogens is 322 g/mol. The number of benzene rings is 1. The summed E-state index contributed by atoms with van der Waals surface area (Å²) in [5.41, 5.74) is 2.62. The number of nitrogens with zero attached hydrogens (tertiary/aromatic N) is 2. The number of hydrogen-bond donors (Lipinski definition) is 1. The molecule has 1 aromatic carbocycles. The predicted octanol–water partition coefficient (Wildman–Crippen LogP) is 3.44. The van der Waals surface area contributed by atoms with E-state index in [-0.39, 0.29) is 11.9 Å². The smallest absolute Gasteiger partial charge is 0.233 e. The van der Waals surface area contributed by atoms with Crippen molar-refractivity contribution in [2.24, 2.45) is 0 Å². The molecule has 1 amide bonds. The average molecular weight is 337 g/mol. The molecule has 110 valence electrons. The maximum absolute atomic E-state index is 12.4. The Hall–Kier alpha value is -1.18. The number of carbonyl (C=O) groups excluding carboxylic acids is 1. The van der Waals surface area contributed by atoms with Crippen LogP contribution in [0.1, 0.15) is 24.1 Å². The first-order valence-corrected chi connectivity index (χ1v) is 8.92. The van der Waals surface area contributed by atoms with Crippen LogP contribution in [-0.4, -0.2) is 33.3 Å². The van der Waals surface area contributed by atoms with E-state index in [0.29, 0.717) is 9.71 Å². The third-order valence-corrected chi connectivity index (χ3v) is 5.87. The Labute approximate surface area is 136 Å². The van der Waals surface area contributed by atoms with E-state index in [0.717, 1.165) is 17.3 Å². The molecule has 21 heavy (non-hydrogen) atoms. The van der Waals surface area contributed by atoms with Crippen LogP contribution in [-0.2, 0) is 11.2 Å². The molecule has 1 aliphatic heterocycles. The highest BCUT2D eigenvalue weighted by atomic mass is 32.2. The lowest BCUT2D eigenvalue weighted by Gasteiger charge is -2.35. The van der Waals surface area contributed by atoms with E-state index in [1.54, 1.807) is 0 Å².